The summed E-state index contributed by atoms with van der Waals surface area (Å²) in [6.07, 6.45) is 5.35. The molecule has 0 bridgehead atoms. The Morgan fingerprint density at radius 2 is 2.00 bits per heavy atom. The van der Waals surface area contributed by atoms with Crippen LogP contribution in [0, 0.1) is 0 Å². The van der Waals surface area contributed by atoms with Gasteiger partial charge < -0.3 is 4.57 Å². The fourth-order valence-corrected chi connectivity index (χ4v) is 0.770. The highest BCUT2D eigenvalue weighted by atomic mass is 14.9. The maximum Gasteiger partial charge on any atom is 0.0106 e. The number of hydrogen-bond donors (Lipinski definition) is 0. The van der Waals surface area contributed by atoms with E-state index in [1.807, 2.05) is 20.9 Å². The van der Waals surface area contributed by atoms with Crippen LogP contribution in [0.5, 0.6) is 0 Å². The predicted octanol–water partition coefficient (Wildman–Crippen LogP) is 2.61. The minimum Gasteiger partial charge on any atom is -0.357 e. The van der Waals surface area contributed by atoms with Crippen molar-refractivity contribution in [1.29, 1.82) is 0 Å². The molecule has 0 spiro atoms. The summed E-state index contributed by atoms with van der Waals surface area (Å²) in [6.45, 7) is 6.16. The second kappa shape index (κ2) is 5.10. The summed E-state index contributed by atoms with van der Waals surface area (Å²) in [7, 11) is 2.04. The van der Waals surface area contributed by atoms with E-state index >= 15 is 0 Å². The zero-order chi connectivity index (χ0) is 7.98. The van der Waals surface area contributed by atoms with Gasteiger partial charge in [0, 0.05) is 19.4 Å². The zero-order valence-corrected chi connectivity index (χ0v) is 7.39. The average molecular weight is 139 g/mol. The van der Waals surface area contributed by atoms with Gasteiger partial charge in [0.25, 0.3) is 0 Å². The Labute approximate surface area is 63.7 Å². The van der Waals surface area contributed by atoms with Gasteiger partial charge in [-0.15, -0.1) is 0 Å². The summed E-state index contributed by atoms with van der Waals surface area (Å²) in [6, 6.07) is 2.14. The van der Waals surface area contributed by atoms with Gasteiger partial charge in [-0.05, 0) is 18.1 Å². The third-order valence-corrected chi connectivity index (χ3v) is 1.30. The molecule has 0 amide bonds. The maximum atomic E-state index is 2.16. The maximum absolute atomic E-state index is 2.16. The Balaban J connectivity index is 0.000000371. The largest absolute Gasteiger partial charge is 0.357 e. The van der Waals surface area contributed by atoms with Crippen LogP contribution in [0.25, 0.3) is 0 Å². The molecule has 0 aromatic carbocycles. The second-order valence-corrected chi connectivity index (χ2v) is 2.04. The highest BCUT2D eigenvalue weighted by Crippen LogP contribution is 1.98. The van der Waals surface area contributed by atoms with Crippen molar-refractivity contribution in [3.8, 4) is 0 Å². The lowest BCUT2D eigenvalue weighted by molar-refractivity contribution is 0.919. The van der Waals surface area contributed by atoms with Crippen molar-refractivity contribution in [2.75, 3.05) is 0 Å². The summed E-state index contributed by atoms with van der Waals surface area (Å²) in [4.78, 5) is 0. The topological polar surface area (TPSA) is 4.93 Å². The Morgan fingerprint density at radius 1 is 1.40 bits per heavy atom. The van der Waals surface area contributed by atoms with E-state index < -0.39 is 0 Å². The van der Waals surface area contributed by atoms with Crippen LogP contribution in [0.2, 0.25) is 0 Å². The van der Waals surface area contributed by atoms with Gasteiger partial charge in [-0.1, -0.05) is 20.8 Å². The molecule has 1 aromatic heterocycles. The Kier molecular flexibility index (Phi) is 4.73. The van der Waals surface area contributed by atoms with Gasteiger partial charge in [0.05, 0.1) is 0 Å². The molecule has 1 aromatic rings. The first-order valence-electron chi connectivity index (χ1n) is 3.93. The van der Waals surface area contributed by atoms with Gasteiger partial charge in [-0.3, -0.25) is 0 Å². The quantitative estimate of drug-likeness (QED) is 0.563. The van der Waals surface area contributed by atoms with Gasteiger partial charge in [-0.25, -0.2) is 0 Å². The molecular weight excluding hydrogens is 122 g/mol. The second-order valence-electron chi connectivity index (χ2n) is 2.04. The van der Waals surface area contributed by atoms with Gasteiger partial charge in [0.15, 0.2) is 0 Å². The van der Waals surface area contributed by atoms with Crippen molar-refractivity contribution in [2.45, 2.75) is 27.2 Å². The molecule has 58 valence electrons. The number of hydrogen-bond acceptors (Lipinski definition) is 0. The lowest BCUT2D eigenvalue weighted by atomic mass is 10.3. The van der Waals surface area contributed by atoms with Gasteiger partial charge >= 0.3 is 0 Å². The summed E-state index contributed by atoms with van der Waals surface area (Å²) in [5.74, 6) is 0. The van der Waals surface area contributed by atoms with E-state index in [1.54, 1.807) is 0 Å². The molecule has 0 aliphatic carbocycles. The van der Waals surface area contributed by atoms with Crippen LogP contribution in [0.3, 0.4) is 0 Å². The molecule has 1 rings (SSSR count). The summed E-state index contributed by atoms with van der Waals surface area (Å²) in [5.41, 5.74) is 1.41. The van der Waals surface area contributed by atoms with Crippen molar-refractivity contribution in [3.63, 3.8) is 0 Å². The molecule has 0 saturated carbocycles. The third-order valence-electron chi connectivity index (χ3n) is 1.30. The molecule has 0 radical (unpaired) electrons. The van der Waals surface area contributed by atoms with Crippen LogP contribution < -0.4 is 0 Å². The third kappa shape index (κ3) is 2.72. The lowest BCUT2D eigenvalue weighted by Crippen LogP contribution is -1.78. The first kappa shape index (κ1) is 9.28. The Bertz CT molecular complexity index is 165. The molecule has 1 heteroatoms. The summed E-state index contributed by atoms with van der Waals surface area (Å²) in [5, 5.41) is 0. The van der Waals surface area contributed by atoms with Crippen LogP contribution in [-0.2, 0) is 13.5 Å². The van der Waals surface area contributed by atoms with E-state index in [1.165, 1.54) is 5.56 Å². The van der Waals surface area contributed by atoms with Gasteiger partial charge in [0.1, 0.15) is 0 Å². The van der Waals surface area contributed by atoms with Crippen LogP contribution in [-0.4, -0.2) is 4.57 Å². The molecule has 0 N–H and O–H groups in total. The number of aromatic nitrogens is 1. The van der Waals surface area contributed by atoms with Gasteiger partial charge in [0.2, 0.25) is 0 Å². The smallest absolute Gasteiger partial charge is 0.0106 e. The molecule has 1 nitrogen and oxygen atoms in total. The molecule has 0 fully saturated rings. The van der Waals surface area contributed by atoms with Crippen molar-refractivity contribution in [1.82, 2.24) is 4.57 Å². The Morgan fingerprint density at radius 3 is 2.20 bits per heavy atom. The lowest BCUT2D eigenvalue weighted by Gasteiger charge is -1.84. The normalized spacial score (nSPS) is 8.40. The highest BCUT2D eigenvalue weighted by molar-refractivity contribution is 5.08. The first-order valence-corrected chi connectivity index (χ1v) is 3.93. The predicted molar refractivity (Wildman–Crippen MR) is 46.1 cm³/mol. The van der Waals surface area contributed by atoms with E-state index in [2.05, 4.69) is 30.0 Å². The standard InChI is InChI=1S/C7H11N.C2H6/c1-3-7-4-5-8(2)6-7;1-2/h4-6H,3H2,1-2H3;1-2H3. The molecule has 0 aliphatic rings. The number of rotatable bonds is 1. The fraction of sp³-hybridized carbons (Fsp3) is 0.556. The van der Waals surface area contributed by atoms with Crippen LogP contribution in [0.1, 0.15) is 26.3 Å². The molecule has 0 aliphatic heterocycles. The number of nitrogens with zero attached hydrogens (tertiary/aromatic N) is 1. The van der Waals surface area contributed by atoms with Crippen LogP contribution in [0.4, 0.5) is 0 Å². The van der Waals surface area contributed by atoms with E-state index in [9.17, 15) is 0 Å². The van der Waals surface area contributed by atoms with Crippen molar-refractivity contribution in [3.05, 3.63) is 24.0 Å². The Hall–Kier alpha value is -0.720. The molecule has 0 unspecified atom stereocenters. The summed E-state index contributed by atoms with van der Waals surface area (Å²) < 4.78 is 2.07. The minimum atomic E-state index is 1.14. The fourth-order valence-electron chi connectivity index (χ4n) is 0.770. The highest BCUT2D eigenvalue weighted by Gasteiger charge is 1.86. The summed E-state index contributed by atoms with van der Waals surface area (Å²) >= 11 is 0. The monoisotopic (exact) mass is 139 g/mol. The molecule has 0 atom stereocenters. The van der Waals surface area contributed by atoms with E-state index in [4.69, 9.17) is 0 Å². The zero-order valence-electron chi connectivity index (χ0n) is 7.39. The number of aryl methyl sites for hydroxylation is 2. The molecule has 0 saturated heterocycles. The van der Waals surface area contributed by atoms with Crippen molar-refractivity contribution >= 4 is 0 Å². The van der Waals surface area contributed by atoms with E-state index in [0.29, 0.717) is 0 Å². The van der Waals surface area contributed by atoms with Crippen LogP contribution >= 0.6 is 0 Å². The van der Waals surface area contributed by atoms with Crippen molar-refractivity contribution < 1.29 is 0 Å². The van der Waals surface area contributed by atoms with Gasteiger partial charge in [-0.2, -0.15) is 0 Å². The molecular formula is C9H17N. The van der Waals surface area contributed by atoms with Crippen molar-refractivity contribution in [2.24, 2.45) is 7.05 Å². The molecule has 1 heterocycles. The van der Waals surface area contributed by atoms with E-state index in [-0.39, 0.29) is 0 Å². The van der Waals surface area contributed by atoms with Crippen LogP contribution in [0.15, 0.2) is 18.5 Å². The van der Waals surface area contributed by atoms with E-state index in [0.717, 1.165) is 6.42 Å². The first-order chi connectivity index (χ1) is 4.83. The minimum absolute atomic E-state index is 1.14. The SMILES string of the molecule is CC.CCc1ccn(C)c1. The molecule has 10 heavy (non-hydrogen) atoms. The average Bonchev–Trinajstić information content (AvgIpc) is 2.40.